The molecule has 1 aliphatic carbocycles. The van der Waals surface area contributed by atoms with E-state index in [2.05, 4.69) is 36.4 Å². The summed E-state index contributed by atoms with van der Waals surface area (Å²) < 4.78 is 2.35. The Morgan fingerprint density at radius 2 is 1.96 bits per heavy atom. The van der Waals surface area contributed by atoms with Gasteiger partial charge < -0.3 is 9.47 Å². The van der Waals surface area contributed by atoms with Crippen LogP contribution in [0.4, 0.5) is 0 Å². The number of pyridine rings is 1. The molecule has 5 rings (SSSR count). The van der Waals surface area contributed by atoms with Crippen LogP contribution in [0.1, 0.15) is 25.0 Å². The van der Waals surface area contributed by atoms with Crippen molar-refractivity contribution in [3.05, 3.63) is 30.2 Å². The van der Waals surface area contributed by atoms with Crippen molar-refractivity contribution in [1.82, 2.24) is 24.3 Å². The summed E-state index contributed by atoms with van der Waals surface area (Å²) in [5.41, 5.74) is 2.50. The summed E-state index contributed by atoms with van der Waals surface area (Å²) in [6.07, 6.45) is 7.88. The molecule has 0 radical (unpaired) electrons. The fourth-order valence-corrected chi connectivity index (χ4v) is 4.62. The van der Waals surface area contributed by atoms with Gasteiger partial charge in [-0.3, -0.25) is 19.6 Å². The minimum atomic E-state index is 0.296. The molecule has 0 aromatic carbocycles. The average molecular weight is 353 g/mol. The predicted octanol–water partition coefficient (Wildman–Crippen LogP) is 1.55. The van der Waals surface area contributed by atoms with Crippen LogP contribution in [0.15, 0.2) is 24.5 Å². The zero-order chi connectivity index (χ0) is 17.5. The second kappa shape index (κ2) is 6.67. The van der Waals surface area contributed by atoms with Crippen LogP contribution in [0.2, 0.25) is 0 Å². The van der Waals surface area contributed by atoms with Crippen molar-refractivity contribution in [2.75, 3.05) is 39.3 Å². The fraction of sp³-hybridized carbons (Fsp3) is 0.600. The Balaban J connectivity index is 1.19. The average Bonchev–Trinajstić information content (AvgIpc) is 2.98. The van der Waals surface area contributed by atoms with Crippen molar-refractivity contribution < 1.29 is 4.79 Å². The maximum Gasteiger partial charge on any atom is 0.236 e. The first-order valence-electron chi connectivity index (χ1n) is 9.94. The van der Waals surface area contributed by atoms with E-state index in [-0.39, 0.29) is 0 Å². The number of carbonyl (C=O) groups excluding carboxylic acids is 1. The molecule has 0 N–H and O–H groups in total. The molecule has 0 atom stereocenters. The molecule has 6 nitrogen and oxygen atoms in total. The molecule has 2 fully saturated rings. The van der Waals surface area contributed by atoms with Crippen molar-refractivity contribution >= 4 is 16.8 Å². The third-order valence-corrected chi connectivity index (χ3v) is 6.43. The topological polar surface area (TPSA) is 44.6 Å². The molecule has 2 aromatic rings. The van der Waals surface area contributed by atoms with Crippen molar-refractivity contribution in [3.8, 4) is 0 Å². The molecule has 2 aromatic heterocycles. The van der Waals surface area contributed by atoms with Gasteiger partial charge in [-0.05, 0) is 25.0 Å². The summed E-state index contributed by atoms with van der Waals surface area (Å²) in [5, 5.41) is 1.25. The zero-order valence-corrected chi connectivity index (χ0v) is 15.3. The highest BCUT2D eigenvalue weighted by molar-refractivity contribution is 5.81. The zero-order valence-electron chi connectivity index (χ0n) is 15.3. The third-order valence-electron chi connectivity index (χ3n) is 6.43. The lowest BCUT2D eigenvalue weighted by molar-refractivity contribution is -0.135. The van der Waals surface area contributed by atoms with Crippen LogP contribution in [0.5, 0.6) is 0 Å². The summed E-state index contributed by atoms with van der Waals surface area (Å²) in [7, 11) is 0. The highest BCUT2D eigenvalue weighted by Gasteiger charge is 2.30. The fourth-order valence-electron chi connectivity index (χ4n) is 4.62. The van der Waals surface area contributed by atoms with Gasteiger partial charge in [-0.2, -0.15) is 0 Å². The Morgan fingerprint density at radius 3 is 2.73 bits per heavy atom. The lowest BCUT2D eigenvalue weighted by atomic mass is 9.91. The van der Waals surface area contributed by atoms with Gasteiger partial charge in [0.15, 0.2) is 0 Å². The molecule has 1 saturated heterocycles. The number of fused-ring (bicyclic) bond motifs is 3. The first-order chi connectivity index (χ1) is 12.8. The summed E-state index contributed by atoms with van der Waals surface area (Å²) >= 11 is 0. The maximum absolute atomic E-state index is 12.8. The number of piperazine rings is 1. The molecule has 0 unspecified atom stereocenters. The van der Waals surface area contributed by atoms with E-state index < -0.39 is 0 Å². The highest BCUT2D eigenvalue weighted by Crippen LogP contribution is 2.26. The van der Waals surface area contributed by atoms with Gasteiger partial charge in [0.25, 0.3) is 0 Å². The Bertz CT molecular complexity index is 804. The van der Waals surface area contributed by atoms with Crippen molar-refractivity contribution in [1.29, 1.82) is 0 Å². The molecule has 3 aliphatic rings. The smallest absolute Gasteiger partial charge is 0.236 e. The van der Waals surface area contributed by atoms with Crippen LogP contribution < -0.4 is 0 Å². The quantitative estimate of drug-likeness (QED) is 0.840. The minimum absolute atomic E-state index is 0.296. The molecule has 6 heteroatoms. The second-order valence-electron chi connectivity index (χ2n) is 7.93. The normalized spacial score (nSPS) is 22.4. The number of hydrogen-bond donors (Lipinski definition) is 0. The summed E-state index contributed by atoms with van der Waals surface area (Å²) in [5.74, 6) is 0.296. The largest absolute Gasteiger partial charge is 0.341 e. The predicted molar refractivity (Wildman–Crippen MR) is 101 cm³/mol. The monoisotopic (exact) mass is 353 g/mol. The van der Waals surface area contributed by atoms with Gasteiger partial charge in [0, 0.05) is 69.1 Å². The van der Waals surface area contributed by atoms with E-state index in [1.54, 1.807) is 0 Å². The molecule has 1 amide bonds. The Kier molecular flexibility index (Phi) is 4.17. The summed E-state index contributed by atoms with van der Waals surface area (Å²) in [6, 6.07) is 5.11. The van der Waals surface area contributed by atoms with E-state index in [1.165, 1.54) is 35.9 Å². The van der Waals surface area contributed by atoms with Gasteiger partial charge in [0.1, 0.15) is 0 Å². The second-order valence-corrected chi connectivity index (χ2v) is 7.93. The molecule has 26 heavy (non-hydrogen) atoms. The Hall–Kier alpha value is -1.92. The number of rotatable bonds is 3. The number of hydrogen-bond acceptors (Lipinski definition) is 4. The first-order valence-corrected chi connectivity index (χ1v) is 9.94. The van der Waals surface area contributed by atoms with E-state index in [0.717, 1.165) is 51.9 Å². The summed E-state index contributed by atoms with van der Waals surface area (Å²) in [6.45, 7) is 7.16. The Labute approximate surface area is 154 Å². The SMILES string of the molecule is O=C(CN1CCn2c(cc3ccncc32)C1)N1CCN(C2CCC2)CC1. The van der Waals surface area contributed by atoms with E-state index in [1.807, 2.05) is 12.4 Å². The lowest BCUT2D eigenvalue weighted by Gasteiger charge is -2.43. The van der Waals surface area contributed by atoms with Crippen LogP contribution in [0.25, 0.3) is 10.9 Å². The number of nitrogens with zero attached hydrogens (tertiary/aromatic N) is 5. The standard InChI is InChI=1S/C20H27N5O/c26-20(24-9-7-23(8-10-24)17-2-1-3-17)15-22-6-11-25-18(14-22)12-16-4-5-21-13-19(16)25/h4-5,12-13,17H,1-3,6-11,14-15H2. The van der Waals surface area contributed by atoms with Crippen LogP contribution >= 0.6 is 0 Å². The minimum Gasteiger partial charge on any atom is -0.341 e. The number of aromatic nitrogens is 2. The van der Waals surface area contributed by atoms with E-state index >= 15 is 0 Å². The van der Waals surface area contributed by atoms with E-state index in [9.17, 15) is 4.79 Å². The van der Waals surface area contributed by atoms with Crippen molar-refractivity contribution in [3.63, 3.8) is 0 Å². The maximum atomic E-state index is 12.8. The highest BCUT2D eigenvalue weighted by atomic mass is 16.2. The Morgan fingerprint density at radius 1 is 1.12 bits per heavy atom. The van der Waals surface area contributed by atoms with Crippen LogP contribution in [-0.2, 0) is 17.9 Å². The van der Waals surface area contributed by atoms with Crippen molar-refractivity contribution in [2.24, 2.45) is 0 Å². The van der Waals surface area contributed by atoms with Gasteiger partial charge in [0.2, 0.25) is 5.91 Å². The molecule has 1 saturated carbocycles. The molecule has 0 spiro atoms. The van der Waals surface area contributed by atoms with Crippen LogP contribution in [0.3, 0.4) is 0 Å². The van der Waals surface area contributed by atoms with Crippen molar-refractivity contribution in [2.45, 2.75) is 38.4 Å². The van der Waals surface area contributed by atoms with Gasteiger partial charge in [-0.1, -0.05) is 6.42 Å². The molecule has 138 valence electrons. The summed E-state index contributed by atoms with van der Waals surface area (Å²) in [4.78, 5) is 24.0. The third kappa shape index (κ3) is 2.91. The molecular weight excluding hydrogens is 326 g/mol. The van der Waals surface area contributed by atoms with E-state index in [4.69, 9.17) is 0 Å². The van der Waals surface area contributed by atoms with Crippen LogP contribution in [0, 0.1) is 0 Å². The number of amides is 1. The van der Waals surface area contributed by atoms with Gasteiger partial charge in [-0.25, -0.2) is 0 Å². The molecule has 2 aliphatic heterocycles. The lowest BCUT2D eigenvalue weighted by Crippen LogP contribution is -2.55. The first kappa shape index (κ1) is 16.3. The molecular formula is C20H27N5O. The van der Waals surface area contributed by atoms with E-state index in [0.29, 0.717) is 12.5 Å². The van der Waals surface area contributed by atoms with Gasteiger partial charge >= 0.3 is 0 Å². The van der Waals surface area contributed by atoms with Crippen LogP contribution in [-0.4, -0.2) is 75.5 Å². The molecule has 4 heterocycles. The number of carbonyl (C=O) groups is 1. The molecule has 0 bridgehead atoms. The van der Waals surface area contributed by atoms with Gasteiger partial charge in [0.05, 0.1) is 18.3 Å². The van der Waals surface area contributed by atoms with Gasteiger partial charge in [-0.15, -0.1) is 0 Å².